The van der Waals surface area contributed by atoms with E-state index in [1.165, 1.54) is 18.7 Å². The van der Waals surface area contributed by atoms with Gasteiger partial charge in [0.15, 0.2) is 11.6 Å². The van der Waals surface area contributed by atoms with Gasteiger partial charge in [-0.15, -0.1) is 0 Å². The summed E-state index contributed by atoms with van der Waals surface area (Å²) in [5.41, 5.74) is 0.149. The Balaban J connectivity index is 1.85. The number of fused-ring (bicyclic) bond motifs is 2. The molecule has 2 bridgehead atoms. The van der Waals surface area contributed by atoms with Crippen molar-refractivity contribution in [3.63, 3.8) is 0 Å². The number of Topliss-reactive ketones (excluding diaryl/α,β-unsaturated/α-hetero) is 1. The maximum atomic E-state index is 14.2. The maximum Gasteiger partial charge on any atom is 0.251 e. The SMILES string of the molecule is CCOc1nccc(C(=O)C2CC3CCC2C3)c1F. The summed E-state index contributed by atoms with van der Waals surface area (Å²) < 4.78 is 19.3. The molecule has 2 aliphatic carbocycles. The van der Waals surface area contributed by atoms with E-state index >= 15 is 0 Å². The Kier molecular flexibility index (Phi) is 3.25. The molecule has 2 saturated carbocycles. The number of carbonyl (C=O) groups excluding carboxylic acids is 1. The summed E-state index contributed by atoms with van der Waals surface area (Å²) in [6.45, 7) is 2.11. The van der Waals surface area contributed by atoms with E-state index in [0.29, 0.717) is 18.4 Å². The van der Waals surface area contributed by atoms with Crippen molar-refractivity contribution in [3.8, 4) is 5.88 Å². The van der Waals surface area contributed by atoms with E-state index < -0.39 is 5.82 Å². The molecule has 1 aromatic heterocycles. The van der Waals surface area contributed by atoms with Gasteiger partial charge in [0, 0.05) is 12.1 Å². The average molecular weight is 263 g/mol. The van der Waals surface area contributed by atoms with Crippen molar-refractivity contribution < 1.29 is 13.9 Å². The highest BCUT2D eigenvalue weighted by Gasteiger charge is 2.43. The van der Waals surface area contributed by atoms with Gasteiger partial charge >= 0.3 is 0 Å². The molecular weight excluding hydrogens is 245 g/mol. The van der Waals surface area contributed by atoms with Crippen LogP contribution in [0.1, 0.15) is 43.0 Å². The lowest BCUT2D eigenvalue weighted by molar-refractivity contribution is 0.0869. The minimum atomic E-state index is -0.600. The van der Waals surface area contributed by atoms with Crippen LogP contribution < -0.4 is 4.74 Å². The molecule has 3 rings (SSSR count). The number of aromatic nitrogens is 1. The Labute approximate surface area is 112 Å². The van der Waals surface area contributed by atoms with Gasteiger partial charge in [0.25, 0.3) is 5.88 Å². The molecular formula is C15H18FNO2. The standard InChI is InChI=1S/C15H18FNO2/c1-2-19-15-13(16)11(5-6-17-15)14(18)12-8-9-3-4-10(12)7-9/h5-6,9-10,12H,2-4,7-8H2,1H3. The van der Waals surface area contributed by atoms with Crippen molar-refractivity contribution in [3.05, 3.63) is 23.6 Å². The molecule has 3 atom stereocenters. The predicted molar refractivity (Wildman–Crippen MR) is 68.6 cm³/mol. The van der Waals surface area contributed by atoms with Crippen molar-refractivity contribution in [1.29, 1.82) is 0 Å². The van der Waals surface area contributed by atoms with Gasteiger partial charge in [-0.1, -0.05) is 6.42 Å². The first-order chi connectivity index (χ1) is 9.20. The van der Waals surface area contributed by atoms with Crippen LogP contribution >= 0.6 is 0 Å². The van der Waals surface area contributed by atoms with Crippen LogP contribution in [0.5, 0.6) is 5.88 Å². The van der Waals surface area contributed by atoms with E-state index in [1.807, 2.05) is 0 Å². The van der Waals surface area contributed by atoms with Crippen LogP contribution in [0.3, 0.4) is 0 Å². The van der Waals surface area contributed by atoms with E-state index in [1.54, 1.807) is 6.92 Å². The highest BCUT2D eigenvalue weighted by molar-refractivity contribution is 5.98. The second-order valence-corrected chi connectivity index (χ2v) is 5.56. The molecule has 0 spiro atoms. The Bertz CT molecular complexity index is 503. The van der Waals surface area contributed by atoms with Gasteiger partial charge in [-0.05, 0) is 44.1 Å². The third-order valence-corrected chi connectivity index (χ3v) is 4.48. The Morgan fingerprint density at radius 2 is 2.32 bits per heavy atom. The maximum absolute atomic E-state index is 14.2. The molecule has 19 heavy (non-hydrogen) atoms. The van der Waals surface area contributed by atoms with Crippen molar-refractivity contribution in [2.24, 2.45) is 17.8 Å². The van der Waals surface area contributed by atoms with Crippen molar-refractivity contribution >= 4 is 5.78 Å². The van der Waals surface area contributed by atoms with Crippen molar-refractivity contribution in [2.45, 2.75) is 32.6 Å². The van der Waals surface area contributed by atoms with Crippen LogP contribution in [-0.2, 0) is 0 Å². The fourth-order valence-corrected chi connectivity index (χ4v) is 3.62. The lowest BCUT2D eigenvalue weighted by atomic mass is 9.83. The van der Waals surface area contributed by atoms with Gasteiger partial charge in [-0.2, -0.15) is 0 Å². The summed E-state index contributed by atoms with van der Waals surface area (Å²) >= 11 is 0. The van der Waals surface area contributed by atoms with Gasteiger partial charge in [0.1, 0.15) is 0 Å². The summed E-state index contributed by atoms with van der Waals surface area (Å²) in [6, 6.07) is 1.48. The second kappa shape index (κ2) is 4.91. The molecule has 3 nitrogen and oxygen atoms in total. The highest BCUT2D eigenvalue weighted by Crippen LogP contribution is 2.49. The molecule has 102 valence electrons. The summed E-state index contributed by atoms with van der Waals surface area (Å²) in [5, 5.41) is 0. The Hall–Kier alpha value is -1.45. The molecule has 0 aliphatic heterocycles. The molecule has 4 heteroatoms. The van der Waals surface area contributed by atoms with Crippen LogP contribution in [0.25, 0.3) is 0 Å². The number of hydrogen-bond acceptors (Lipinski definition) is 3. The van der Waals surface area contributed by atoms with Crippen LogP contribution in [0.2, 0.25) is 0 Å². The van der Waals surface area contributed by atoms with E-state index in [9.17, 15) is 9.18 Å². The minimum absolute atomic E-state index is 0.00475. The second-order valence-electron chi connectivity index (χ2n) is 5.56. The molecule has 2 aliphatic rings. The zero-order valence-electron chi connectivity index (χ0n) is 11.1. The highest BCUT2D eigenvalue weighted by atomic mass is 19.1. The molecule has 0 radical (unpaired) electrons. The van der Waals surface area contributed by atoms with E-state index in [0.717, 1.165) is 19.3 Å². The monoisotopic (exact) mass is 263 g/mol. The van der Waals surface area contributed by atoms with Gasteiger partial charge in [-0.25, -0.2) is 9.37 Å². The zero-order chi connectivity index (χ0) is 13.4. The number of hydrogen-bond donors (Lipinski definition) is 0. The first-order valence-corrected chi connectivity index (χ1v) is 7.02. The summed E-state index contributed by atoms with van der Waals surface area (Å²) in [5.74, 6) is 0.419. The molecule has 0 saturated heterocycles. The van der Waals surface area contributed by atoms with Crippen LogP contribution in [0, 0.1) is 23.6 Å². The molecule has 3 unspecified atom stereocenters. The normalized spacial score (nSPS) is 28.6. The van der Waals surface area contributed by atoms with Crippen LogP contribution in [0.4, 0.5) is 4.39 Å². The first kappa shape index (κ1) is 12.6. The van der Waals surface area contributed by atoms with E-state index in [2.05, 4.69) is 4.98 Å². The fraction of sp³-hybridized carbons (Fsp3) is 0.600. The quantitative estimate of drug-likeness (QED) is 0.783. The van der Waals surface area contributed by atoms with E-state index in [-0.39, 0.29) is 23.1 Å². The van der Waals surface area contributed by atoms with Crippen molar-refractivity contribution in [1.82, 2.24) is 4.98 Å². The molecule has 0 N–H and O–H groups in total. The molecule has 0 amide bonds. The lowest BCUT2D eigenvalue weighted by Gasteiger charge is -2.20. The molecule has 0 aromatic carbocycles. The Morgan fingerprint density at radius 3 is 2.95 bits per heavy atom. The number of halogens is 1. The number of carbonyl (C=O) groups is 1. The van der Waals surface area contributed by atoms with Gasteiger partial charge in [0.2, 0.25) is 0 Å². The van der Waals surface area contributed by atoms with Gasteiger partial charge < -0.3 is 4.74 Å². The zero-order valence-corrected chi connectivity index (χ0v) is 11.1. The average Bonchev–Trinajstić information content (AvgIpc) is 3.03. The molecule has 1 heterocycles. The smallest absolute Gasteiger partial charge is 0.251 e. The largest absolute Gasteiger partial charge is 0.476 e. The predicted octanol–water partition coefficient (Wildman–Crippen LogP) is 3.24. The number of nitrogens with zero attached hydrogens (tertiary/aromatic N) is 1. The Morgan fingerprint density at radius 1 is 1.47 bits per heavy atom. The summed E-state index contributed by atoms with van der Waals surface area (Å²) in [6.07, 6.45) is 5.87. The number of rotatable bonds is 4. The summed E-state index contributed by atoms with van der Waals surface area (Å²) in [4.78, 5) is 16.3. The topological polar surface area (TPSA) is 39.2 Å². The fourth-order valence-electron chi connectivity index (χ4n) is 3.62. The minimum Gasteiger partial charge on any atom is -0.476 e. The van der Waals surface area contributed by atoms with Gasteiger partial charge in [-0.3, -0.25) is 4.79 Å². The third kappa shape index (κ3) is 2.13. The molecule has 2 fully saturated rings. The summed E-state index contributed by atoms with van der Waals surface area (Å²) in [7, 11) is 0. The van der Waals surface area contributed by atoms with Crippen molar-refractivity contribution in [2.75, 3.05) is 6.61 Å². The van der Waals surface area contributed by atoms with E-state index in [4.69, 9.17) is 4.74 Å². The lowest BCUT2D eigenvalue weighted by Crippen LogP contribution is -2.22. The number of ether oxygens (including phenoxy) is 1. The third-order valence-electron chi connectivity index (χ3n) is 4.48. The molecule has 1 aromatic rings. The van der Waals surface area contributed by atoms with Gasteiger partial charge in [0.05, 0.1) is 12.2 Å². The first-order valence-electron chi connectivity index (χ1n) is 7.02. The number of ketones is 1. The van der Waals surface area contributed by atoms with Crippen LogP contribution in [0.15, 0.2) is 12.3 Å². The number of pyridine rings is 1. The van der Waals surface area contributed by atoms with Crippen LogP contribution in [-0.4, -0.2) is 17.4 Å².